The Kier molecular flexibility index (Phi) is 6.22. The van der Waals surface area contributed by atoms with Crippen molar-refractivity contribution in [2.24, 2.45) is 11.3 Å². The Balaban J connectivity index is 0.00000210. The van der Waals surface area contributed by atoms with Crippen molar-refractivity contribution >= 4 is 18.3 Å². The van der Waals surface area contributed by atoms with Crippen molar-refractivity contribution in [2.45, 2.75) is 32.1 Å². The third kappa shape index (κ3) is 4.36. The van der Waals surface area contributed by atoms with Gasteiger partial charge in [-0.25, -0.2) is 0 Å². The molecule has 0 bridgehead atoms. The largest absolute Gasteiger partial charge is 0.361 e. The highest BCUT2D eigenvalue weighted by Crippen LogP contribution is 2.59. The second-order valence-corrected chi connectivity index (χ2v) is 7.78. The number of rotatable bonds is 6. The fraction of sp³-hybridized carbons (Fsp3) is 0.524. The number of benzene rings is 1. The second-order valence-electron chi connectivity index (χ2n) is 7.78. The number of carbonyl (C=O) groups is 1. The standard InChI is InChI=1S/C21H27N3O2.ClH/c1-24(20(25)18-15-21(18)9-11-22-12-10-21)13-5-8-17-14-19(23-26-17)16-6-3-2-4-7-16;/h2-4,6-7,14,18,22H,5,8-13,15H2,1H3;1H. The van der Waals surface area contributed by atoms with E-state index in [-0.39, 0.29) is 18.3 Å². The van der Waals surface area contributed by atoms with Crippen molar-refractivity contribution in [3.63, 3.8) is 0 Å². The number of hydrogen-bond acceptors (Lipinski definition) is 4. The lowest BCUT2D eigenvalue weighted by Gasteiger charge is -2.25. The van der Waals surface area contributed by atoms with E-state index < -0.39 is 0 Å². The van der Waals surface area contributed by atoms with Crippen LogP contribution in [0, 0.1) is 11.3 Å². The van der Waals surface area contributed by atoms with Crippen LogP contribution in [0.25, 0.3) is 11.3 Å². The van der Waals surface area contributed by atoms with Crippen molar-refractivity contribution in [1.29, 1.82) is 0 Å². The van der Waals surface area contributed by atoms with E-state index in [1.54, 1.807) is 0 Å². The SMILES string of the molecule is CN(CCCc1cc(-c2ccccc2)no1)C(=O)C1CC12CCNCC2.Cl. The molecule has 2 fully saturated rings. The summed E-state index contributed by atoms with van der Waals surface area (Å²) in [4.78, 5) is 14.6. The van der Waals surface area contributed by atoms with Crippen LogP contribution < -0.4 is 5.32 Å². The van der Waals surface area contributed by atoms with E-state index in [1.165, 1.54) is 0 Å². The van der Waals surface area contributed by atoms with Crippen molar-refractivity contribution in [1.82, 2.24) is 15.4 Å². The van der Waals surface area contributed by atoms with Crippen molar-refractivity contribution in [3.8, 4) is 11.3 Å². The maximum absolute atomic E-state index is 12.7. The lowest BCUT2D eigenvalue weighted by atomic mass is 9.91. The van der Waals surface area contributed by atoms with E-state index in [0.29, 0.717) is 11.3 Å². The number of carbonyl (C=O) groups excluding carboxylic acids is 1. The zero-order valence-electron chi connectivity index (χ0n) is 15.8. The highest BCUT2D eigenvalue weighted by Gasteiger charge is 2.58. The van der Waals surface area contributed by atoms with Gasteiger partial charge < -0.3 is 14.7 Å². The molecule has 1 spiro atoms. The summed E-state index contributed by atoms with van der Waals surface area (Å²) in [6.07, 6.45) is 5.08. The first-order valence-corrected chi connectivity index (χ1v) is 9.65. The summed E-state index contributed by atoms with van der Waals surface area (Å²) in [5.74, 6) is 1.46. The van der Waals surface area contributed by atoms with Gasteiger partial charge in [-0.15, -0.1) is 12.4 Å². The highest BCUT2D eigenvalue weighted by molar-refractivity contribution is 5.85. The molecule has 1 unspecified atom stereocenters. The molecule has 27 heavy (non-hydrogen) atoms. The Morgan fingerprint density at radius 1 is 1.30 bits per heavy atom. The fourth-order valence-corrected chi connectivity index (χ4v) is 4.22. The average molecular weight is 390 g/mol. The summed E-state index contributed by atoms with van der Waals surface area (Å²) in [6, 6.07) is 12.0. The van der Waals surface area contributed by atoms with Crippen LogP contribution in [0.1, 0.15) is 31.4 Å². The molecule has 1 aromatic carbocycles. The van der Waals surface area contributed by atoms with Crippen LogP contribution in [0.3, 0.4) is 0 Å². The molecule has 4 rings (SSSR count). The van der Waals surface area contributed by atoms with Crippen LogP contribution in [0.5, 0.6) is 0 Å². The normalized spacial score (nSPS) is 20.1. The second kappa shape index (κ2) is 8.44. The first-order valence-electron chi connectivity index (χ1n) is 9.65. The Hall–Kier alpha value is -1.85. The summed E-state index contributed by atoms with van der Waals surface area (Å²) < 4.78 is 5.45. The smallest absolute Gasteiger partial charge is 0.226 e. The molecule has 1 N–H and O–H groups in total. The summed E-state index contributed by atoms with van der Waals surface area (Å²) in [5.41, 5.74) is 2.25. The molecule has 5 nitrogen and oxygen atoms in total. The summed E-state index contributed by atoms with van der Waals surface area (Å²) in [6.45, 7) is 2.89. The zero-order valence-corrected chi connectivity index (χ0v) is 16.6. The topological polar surface area (TPSA) is 58.4 Å². The van der Waals surface area contributed by atoms with Crippen LogP contribution in [0.4, 0.5) is 0 Å². The number of aromatic nitrogens is 1. The molecule has 1 aliphatic heterocycles. The minimum atomic E-state index is 0. The molecule has 6 heteroatoms. The number of aryl methyl sites for hydroxylation is 1. The third-order valence-corrected chi connectivity index (χ3v) is 6.01. The molecule has 146 valence electrons. The molecular formula is C21H28ClN3O2. The Morgan fingerprint density at radius 2 is 2.04 bits per heavy atom. The zero-order chi connectivity index (χ0) is 18.0. The van der Waals surface area contributed by atoms with Crippen molar-refractivity contribution in [3.05, 3.63) is 42.2 Å². The fourth-order valence-electron chi connectivity index (χ4n) is 4.22. The minimum Gasteiger partial charge on any atom is -0.361 e. The number of amides is 1. The maximum atomic E-state index is 12.7. The third-order valence-electron chi connectivity index (χ3n) is 6.01. The molecule has 2 aliphatic rings. The molecule has 1 atom stereocenters. The quantitative estimate of drug-likeness (QED) is 0.820. The predicted molar refractivity (Wildman–Crippen MR) is 108 cm³/mol. The highest BCUT2D eigenvalue weighted by atomic mass is 35.5. The molecule has 2 heterocycles. The average Bonchev–Trinajstić information content (AvgIpc) is 3.14. The van der Waals surface area contributed by atoms with Gasteiger partial charge in [0.25, 0.3) is 0 Å². The minimum absolute atomic E-state index is 0. The van der Waals surface area contributed by atoms with Gasteiger partial charge in [0.2, 0.25) is 5.91 Å². The van der Waals surface area contributed by atoms with E-state index in [4.69, 9.17) is 4.52 Å². The molecule has 2 aromatic rings. The summed E-state index contributed by atoms with van der Waals surface area (Å²) in [7, 11) is 1.94. The summed E-state index contributed by atoms with van der Waals surface area (Å²) in [5, 5.41) is 7.55. The predicted octanol–water partition coefficient (Wildman–Crippen LogP) is 3.54. The van der Waals surface area contributed by atoms with Gasteiger partial charge in [0.1, 0.15) is 11.5 Å². The van der Waals surface area contributed by atoms with Crippen LogP contribution in [0.15, 0.2) is 40.9 Å². The van der Waals surface area contributed by atoms with Gasteiger partial charge in [-0.3, -0.25) is 4.79 Å². The van der Waals surface area contributed by atoms with Crippen LogP contribution in [0.2, 0.25) is 0 Å². The Bertz CT molecular complexity index is 756. The first kappa shape index (κ1) is 19.9. The van der Waals surface area contributed by atoms with Crippen LogP contribution in [-0.4, -0.2) is 42.6 Å². The van der Waals surface area contributed by atoms with Crippen LogP contribution in [-0.2, 0) is 11.2 Å². The van der Waals surface area contributed by atoms with E-state index in [2.05, 4.69) is 10.5 Å². The van der Waals surface area contributed by atoms with E-state index in [0.717, 1.165) is 68.8 Å². The van der Waals surface area contributed by atoms with Gasteiger partial charge in [0, 0.05) is 37.6 Å². The van der Waals surface area contributed by atoms with E-state index in [1.807, 2.05) is 48.3 Å². The molecule has 1 aromatic heterocycles. The number of hydrogen-bond donors (Lipinski definition) is 1. The molecule has 1 aliphatic carbocycles. The number of halogens is 1. The molecule has 1 amide bonds. The monoisotopic (exact) mass is 389 g/mol. The molecule has 1 saturated carbocycles. The Labute approximate surface area is 166 Å². The van der Waals surface area contributed by atoms with E-state index in [9.17, 15) is 4.79 Å². The Morgan fingerprint density at radius 3 is 2.78 bits per heavy atom. The first-order chi connectivity index (χ1) is 12.7. The van der Waals surface area contributed by atoms with Gasteiger partial charge in [0.15, 0.2) is 0 Å². The number of nitrogens with one attached hydrogen (secondary N) is 1. The number of nitrogens with zero attached hydrogens (tertiary/aromatic N) is 2. The molecule has 1 saturated heterocycles. The maximum Gasteiger partial charge on any atom is 0.226 e. The van der Waals surface area contributed by atoms with Crippen molar-refractivity contribution < 1.29 is 9.32 Å². The van der Waals surface area contributed by atoms with Crippen molar-refractivity contribution in [2.75, 3.05) is 26.7 Å². The van der Waals surface area contributed by atoms with Gasteiger partial charge in [-0.1, -0.05) is 35.5 Å². The van der Waals surface area contributed by atoms with Gasteiger partial charge >= 0.3 is 0 Å². The lowest BCUT2D eigenvalue weighted by Crippen LogP contribution is -2.35. The van der Waals surface area contributed by atoms with Gasteiger partial charge in [-0.2, -0.15) is 0 Å². The van der Waals surface area contributed by atoms with Gasteiger partial charge in [-0.05, 0) is 44.2 Å². The summed E-state index contributed by atoms with van der Waals surface area (Å²) >= 11 is 0. The van der Waals surface area contributed by atoms with Gasteiger partial charge in [0.05, 0.1) is 0 Å². The van der Waals surface area contributed by atoms with Crippen LogP contribution >= 0.6 is 12.4 Å². The lowest BCUT2D eigenvalue weighted by molar-refractivity contribution is -0.132. The van der Waals surface area contributed by atoms with E-state index >= 15 is 0 Å². The molecular weight excluding hydrogens is 362 g/mol. The number of piperidine rings is 1. The molecule has 0 radical (unpaired) electrons.